The summed E-state index contributed by atoms with van der Waals surface area (Å²) in [5.41, 5.74) is 1.82. The molecule has 0 saturated heterocycles. The number of nitrogens with zero attached hydrogens (tertiary/aromatic N) is 1. The summed E-state index contributed by atoms with van der Waals surface area (Å²) in [4.78, 5) is 0. The number of nitrogens with one attached hydrogen (secondary N) is 1. The van der Waals surface area contributed by atoms with Crippen molar-refractivity contribution in [2.75, 3.05) is 7.05 Å². The van der Waals surface area contributed by atoms with E-state index in [0.29, 0.717) is 18.2 Å². The SMILES string of the molecule is CCC(NC)c1ccn(Cc2cccc(Cl)c2F)c1. The second-order valence-electron chi connectivity index (χ2n) is 4.58. The summed E-state index contributed by atoms with van der Waals surface area (Å²) in [6.07, 6.45) is 5.03. The topological polar surface area (TPSA) is 17.0 Å². The summed E-state index contributed by atoms with van der Waals surface area (Å²) < 4.78 is 15.8. The predicted octanol–water partition coefficient (Wildman–Crippen LogP) is 4.00. The van der Waals surface area contributed by atoms with Gasteiger partial charge in [-0.25, -0.2) is 4.39 Å². The summed E-state index contributed by atoms with van der Waals surface area (Å²) in [5.74, 6) is -0.333. The first-order chi connectivity index (χ1) is 9.15. The average molecular weight is 281 g/mol. The molecule has 0 aliphatic carbocycles. The fraction of sp³-hybridized carbons (Fsp3) is 0.333. The fourth-order valence-electron chi connectivity index (χ4n) is 2.24. The summed E-state index contributed by atoms with van der Waals surface area (Å²) in [7, 11) is 1.95. The third kappa shape index (κ3) is 3.17. The van der Waals surface area contributed by atoms with Crippen molar-refractivity contribution < 1.29 is 4.39 Å². The minimum atomic E-state index is -0.333. The highest BCUT2D eigenvalue weighted by Gasteiger charge is 2.10. The highest BCUT2D eigenvalue weighted by molar-refractivity contribution is 6.30. The lowest BCUT2D eigenvalue weighted by Gasteiger charge is -2.11. The highest BCUT2D eigenvalue weighted by atomic mass is 35.5. The molecule has 1 aromatic heterocycles. The largest absolute Gasteiger partial charge is 0.349 e. The van der Waals surface area contributed by atoms with Gasteiger partial charge in [0.1, 0.15) is 5.82 Å². The quantitative estimate of drug-likeness (QED) is 0.876. The lowest BCUT2D eigenvalue weighted by Crippen LogP contribution is -2.14. The van der Waals surface area contributed by atoms with Crippen LogP contribution in [0.5, 0.6) is 0 Å². The fourth-order valence-corrected chi connectivity index (χ4v) is 2.43. The number of hydrogen-bond donors (Lipinski definition) is 1. The van der Waals surface area contributed by atoms with Crippen LogP contribution in [-0.2, 0) is 6.54 Å². The van der Waals surface area contributed by atoms with Crippen molar-refractivity contribution in [2.24, 2.45) is 0 Å². The summed E-state index contributed by atoms with van der Waals surface area (Å²) >= 11 is 5.79. The van der Waals surface area contributed by atoms with Gasteiger partial charge in [-0.15, -0.1) is 0 Å². The number of aromatic nitrogens is 1. The van der Waals surface area contributed by atoms with Gasteiger partial charge in [0.25, 0.3) is 0 Å². The van der Waals surface area contributed by atoms with Crippen LogP contribution < -0.4 is 5.32 Å². The van der Waals surface area contributed by atoms with Crippen LogP contribution in [0, 0.1) is 5.82 Å². The van der Waals surface area contributed by atoms with Crippen molar-refractivity contribution in [3.05, 3.63) is 58.6 Å². The molecule has 1 aromatic carbocycles. The number of halogens is 2. The molecule has 1 heterocycles. The Morgan fingerprint density at radius 2 is 2.16 bits per heavy atom. The number of rotatable bonds is 5. The maximum absolute atomic E-state index is 13.8. The molecule has 2 nitrogen and oxygen atoms in total. The van der Waals surface area contributed by atoms with Gasteiger partial charge in [0, 0.05) is 30.5 Å². The molecule has 1 atom stereocenters. The lowest BCUT2D eigenvalue weighted by atomic mass is 10.1. The first-order valence-corrected chi connectivity index (χ1v) is 6.79. The Kier molecular flexibility index (Phi) is 4.61. The van der Waals surface area contributed by atoms with Crippen molar-refractivity contribution in [1.82, 2.24) is 9.88 Å². The van der Waals surface area contributed by atoms with Crippen molar-refractivity contribution in [3.8, 4) is 0 Å². The molecular formula is C15H18ClFN2. The highest BCUT2D eigenvalue weighted by Crippen LogP contribution is 2.20. The maximum atomic E-state index is 13.8. The van der Waals surface area contributed by atoms with E-state index in [9.17, 15) is 4.39 Å². The van der Waals surface area contributed by atoms with Crippen LogP contribution in [0.4, 0.5) is 4.39 Å². The Bertz CT molecular complexity index is 547. The molecule has 0 aliphatic heterocycles. The molecule has 2 aromatic rings. The van der Waals surface area contributed by atoms with E-state index in [2.05, 4.69) is 18.3 Å². The van der Waals surface area contributed by atoms with Gasteiger partial charge in [0.15, 0.2) is 0 Å². The Balaban J connectivity index is 2.18. The van der Waals surface area contributed by atoms with Gasteiger partial charge in [-0.3, -0.25) is 0 Å². The molecule has 0 bridgehead atoms. The van der Waals surface area contributed by atoms with Crippen LogP contribution in [0.25, 0.3) is 0 Å². The molecule has 0 spiro atoms. The molecule has 0 saturated carbocycles. The number of benzene rings is 1. The lowest BCUT2D eigenvalue weighted by molar-refractivity contribution is 0.573. The molecular weight excluding hydrogens is 263 g/mol. The van der Waals surface area contributed by atoms with Gasteiger partial charge in [-0.2, -0.15) is 0 Å². The third-order valence-electron chi connectivity index (χ3n) is 3.32. The van der Waals surface area contributed by atoms with Gasteiger partial charge in [-0.05, 0) is 31.2 Å². The van der Waals surface area contributed by atoms with E-state index in [0.717, 1.165) is 6.42 Å². The van der Waals surface area contributed by atoms with Gasteiger partial charge in [0.2, 0.25) is 0 Å². The Hall–Kier alpha value is -1.32. The van der Waals surface area contributed by atoms with Crippen molar-refractivity contribution >= 4 is 11.6 Å². The van der Waals surface area contributed by atoms with Crippen LogP contribution in [0.2, 0.25) is 5.02 Å². The molecule has 0 aliphatic rings. The molecule has 0 fully saturated rings. The van der Waals surface area contributed by atoms with Crippen LogP contribution >= 0.6 is 11.6 Å². The van der Waals surface area contributed by atoms with E-state index < -0.39 is 0 Å². The molecule has 1 N–H and O–H groups in total. The smallest absolute Gasteiger partial charge is 0.146 e. The molecule has 19 heavy (non-hydrogen) atoms. The van der Waals surface area contributed by atoms with E-state index in [4.69, 9.17) is 11.6 Å². The number of hydrogen-bond acceptors (Lipinski definition) is 1. The zero-order valence-electron chi connectivity index (χ0n) is 11.2. The van der Waals surface area contributed by atoms with Crippen molar-refractivity contribution in [3.63, 3.8) is 0 Å². The van der Waals surface area contributed by atoms with Crippen LogP contribution in [-0.4, -0.2) is 11.6 Å². The Labute approximate surface area is 118 Å². The zero-order chi connectivity index (χ0) is 13.8. The summed E-state index contributed by atoms with van der Waals surface area (Å²) in [5, 5.41) is 3.43. The van der Waals surface area contributed by atoms with Crippen LogP contribution in [0.3, 0.4) is 0 Å². The third-order valence-corrected chi connectivity index (χ3v) is 3.61. The van der Waals surface area contributed by atoms with Crippen molar-refractivity contribution in [2.45, 2.75) is 25.9 Å². The van der Waals surface area contributed by atoms with Crippen molar-refractivity contribution in [1.29, 1.82) is 0 Å². The molecule has 4 heteroatoms. The second kappa shape index (κ2) is 6.22. The second-order valence-corrected chi connectivity index (χ2v) is 4.99. The van der Waals surface area contributed by atoms with Crippen LogP contribution in [0.1, 0.15) is 30.5 Å². The van der Waals surface area contributed by atoms with Gasteiger partial charge < -0.3 is 9.88 Å². The van der Waals surface area contributed by atoms with E-state index in [1.807, 2.05) is 24.0 Å². The first kappa shape index (κ1) is 14.1. The Morgan fingerprint density at radius 1 is 1.37 bits per heavy atom. The van der Waals surface area contributed by atoms with Crippen LogP contribution in [0.15, 0.2) is 36.7 Å². The summed E-state index contributed by atoms with van der Waals surface area (Å²) in [6.45, 7) is 2.63. The zero-order valence-corrected chi connectivity index (χ0v) is 11.9. The standard InChI is InChI=1S/C15H18ClFN2/c1-3-14(18-2)11-7-8-19(9-11)10-12-5-4-6-13(16)15(12)17/h4-9,14,18H,3,10H2,1-2H3. The average Bonchev–Trinajstić information content (AvgIpc) is 2.85. The van der Waals surface area contributed by atoms with E-state index >= 15 is 0 Å². The summed E-state index contributed by atoms with van der Waals surface area (Å²) in [6, 6.07) is 7.50. The van der Waals surface area contributed by atoms with E-state index in [1.54, 1.807) is 18.2 Å². The molecule has 1 unspecified atom stereocenters. The monoisotopic (exact) mass is 280 g/mol. The normalized spacial score (nSPS) is 12.6. The molecule has 2 rings (SSSR count). The van der Waals surface area contributed by atoms with Gasteiger partial charge in [-0.1, -0.05) is 30.7 Å². The van der Waals surface area contributed by atoms with Gasteiger partial charge in [0.05, 0.1) is 5.02 Å². The minimum absolute atomic E-state index is 0.173. The van der Waals surface area contributed by atoms with Gasteiger partial charge >= 0.3 is 0 Å². The first-order valence-electron chi connectivity index (χ1n) is 6.41. The molecule has 0 amide bonds. The Morgan fingerprint density at radius 3 is 2.84 bits per heavy atom. The van der Waals surface area contributed by atoms with E-state index in [-0.39, 0.29) is 10.8 Å². The predicted molar refractivity (Wildman–Crippen MR) is 77.0 cm³/mol. The maximum Gasteiger partial charge on any atom is 0.146 e. The minimum Gasteiger partial charge on any atom is -0.349 e. The van der Waals surface area contributed by atoms with E-state index in [1.165, 1.54) is 5.56 Å². The molecule has 102 valence electrons. The molecule has 0 radical (unpaired) electrons.